The minimum Gasteiger partial charge on any atom is -0.291 e. The molecule has 0 N–H and O–H groups in total. The maximum Gasteiger partial charge on any atom is 0.194 e. The SMILES string of the molecule is N#CC(Cl)C(=O)c1ccc(Cl)cc1. The third kappa shape index (κ3) is 2.45. The molecule has 0 aromatic heterocycles. The molecule has 1 aromatic rings. The van der Waals surface area contributed by atoms with Crippen LogP contribution in [0.25, 0.3) is 0 Å². The molecular weight excluding hydrogens is 209 g/mol. The van der Waals surface area contributed by atoms with Gasteiger partial charge >= 0.3 is 0 Å². The number of rotatable bonds is 2. The highest BCUT2D eigenvalue weighted by atomic mass is 35.5. The molecule has 0 aliphatic carbocycles. The number of halogens is 2. The second-order valence-electron chi connectivity index (χ2n) is 2.36. The summed E-state index contributed by atoms with van der Waals surface area (Å²) >= 11 is 11.1. The van der Waals surface area contributed by atoms with Gasteiger partial charge in [0.15, 0.2) is 11.2 Å². The van der Waals surface area contributed by atoms with Gasteiger partial charge in [-0.2, -0.15) is 5.26 Å². The Morgan fingerprint density at radius 3 is 2.38 bits per heavy atom. The van der Waals surface area contributed by atoms with Crippen molar-refractivity contribution in [1.29, 1.82) is 5.26 Å². The summed E-state index contributed by atoms with van der Waals surface area (Å²) in [7, 11) is 0. The van der Waals surface area contributed by atoms with Crippen LogP contribution in [0.5, 0.6) is 0 Å². The number of alkyl halides is 1. The number of hydrogen-bond donors (Lipinski definition) is 0. The van der Waals surface area contributed by atoms with Crippen molar-refractivity contribution in [2.24, 2.45) is 0 Å². The first kappa shape index (κ1) is 10.0. The Kier molecular flexibility index (Phi) is 3.30. The first-order chi connectivity index (χ1) is 6.15. The molecule has 4 heteroatoms. The number of carbonyl (C=O) groups excluding carboxylic acids is 1. The zero-order valence-electron chi connectivity index (χ0n) is 6.50. The molecule has 0 heterocycles. The van der Waals surface area contributed by atoms with E-state index >= 15 is 0 Å². The summed E-state index contributed by atoms with van der Waals surface area (Å²) in [5.74, 6) is -0.402. The van der Waals surface area contributed by atoms with Crippen LogP contribution in [-0.4, -0.2) is 11.2 Å². The van der Waals surface area contributed by atoms with E-state index in [1.165, 1.54) is 12.1 Å². The van der Waals surface area contributed by atoms with Gasteiger partial charge in [-0.05, 0) is 24.3 Å². The molecule has 0 fully saturated rings. The van der Waals surface area contributed by atoms with E-state index in [0.717, 1.165) is 0 Å². The van der Waals surface area contributed by atoms with Gasteiger partial charge < -0.3 is 0 Å². The zero-order valence-corrected chi connectivity index (χ0v) is 8.01. The lowest BCUT2D eigenvalue weighted by Crippen LogP contribution is -2.11. The molecule has 2 nitrogen and oxygen atoms in total. The summed E-state index contributed by atoms with van der Waals surface area (Å²) in [5.41, 5.74) is 0.394. The van der Waals surface area contributed by atoms with E-state index in [1.54, 1.807) is 18.2 Å². The van der Waals surface area contributed by atoms with Crippen molar-refractivity contribution in [3.05, 3.63) is 34.9 Å². The van der Waals surface area contributed by atoms with Crippen LogP contribution in [0, 0.1) is 11.3 Å². The van der Waals surface area contributed by atoms with E-state index in [9.17, 15) is 4.79 Å². The number of nitriles is 1. The lowest BCUT2D eigenvalue weighted by atomic mass is 10.1. The van der Waals surface area contributed by atoms with Gasteiger partial charge in [0.2, 0.25) is 0 Å². The van der Waals surface area contributed by atoms with Crippen LogP contribution < -0.4 is 0 Å². The second-order valence-corrected chi connectivity index (χ2v) is 3.24. The minimum atomic E-state index is -1.12. The minimum absolute atomic E-state index is 0.394. The number of carbonyl (C=O) groups is 1. The monoisotopic (exact) mass is 213 g/mol. The van der Waals surface area contributed by atoms with Crippen molar-refractivity contribution in [2.75, 3.05) is 0 Å². The Hall–Kier alpha value is -1.04. The van der Waals surface area contributed by atoms with Gasteiger partial charge in [0.1, 0.15) is 0 Å². The van der Waals surface area contributed by atoms with Crippen LogP contribution in [0.4, 0.5) is 0 Å². The lowest BCUT2D eigenvalue weighted by Gasteiger charge is -1.99. The summed E-state index contributed by atoms with van der Waals surface area (Å²) in [6, 6.07) is 7.90. The molecule has 13 heavy (non-hydrogen) atoms. The highest BCUT2D eigenvalue weighted by molar-refractivity contribution is 6.36. The molecule has 1 atom stereocenters. The standard InChI is InChI=1S/C9H5Cl2NO/c10-7-3-1-6(2-4-7)9(13)8(11)5-12/h1-4,8H. The summed E-state index contributed by atoms with van der Waals surface area (Å²) in [5, 5.41) is 7.81. The fraction of sp³-hybridized carbons (Fsp3) is 0.111. The Bertz CT molecular complexity index is 353. The van der Waals surface area contributed by atoms with Crippen LogP contribution in [0.2, 0.25) is 5.02 Å². The molecule has 66 valence electrons. The third-order valence-electron chi connectivity index (χ3n) is 1.47. The number of benzene rings is 1. The van der Waals surface area contributed by atoms with Crippen LogP contribution in [0.3, 0.4) is 0 Å². The molecular formula is C9H5Cl2NO. The largest absolute Gasteiger partial charge is 0.291 e. The van der Waals surface area contributed by atoms with E-state index in [0.29, 0.717) is 10.6 Å². The van der Waals surface area contributed by atoms with Crippen molar-refractivity contribution in [2.45, 2.75) is 5.38 Å². The maximum atomic E-state index is 11.3. The fourth-order valence-corrected chi connectivity index (χ4v) is 1.07. The van der Waals surface area contributed by atoms with Gasteiger partial charge in [-0.25, -0.2) is 0 Å². The average Bonchev–Trinajstić information content (AvgIpc) is 2.17. The molecule has 1 unspecified atom stereocenters. The predicted octanol–water partition coefficient (Wildman–Crippen LogP) is 2.65. The molecule has 0 aliphatic rings. The molecule has 1 aromatic carbocycles. The molecule has 1 rings (SSSR count). The number of nitrogens with zero attached hydrogens (tertiary/aromatic N) is 1. The highest BCUT2D eigenvalue weighted by Crippen LogP contribution is 2.12. The maximum absolute atomic E-state index is 11.3. The summed E-state index contributed by atoms with van der Waals surface area (Å²) in [4.78, 5) is 11.3. The second kappa shape index (κ2) is 4.27. The van der Waals surface area contributed by atoms with E-state index in [-0.39, 0.29) is 0 Å². The molecule has 0 bridgehead atoms. The van der Waals surface area contributed by atoms with Crippen LogP contribution in [0.1, 0.15) is 10.4 Å². The molecule has 0 radical (unpaired) electrons. The average molecular weight is 214 g/mol. The van der Waals surface area contributed by atoms with Crippen molar-refractivity contribution in [3.8, 4) is 6.07 Å². The van der Waals surface area contributed by atoms with Gasteiger partial charge in [0, 0.05) is 10.6 Å². The number of ketones is 1. The van der Waals surface area contributed by atoms with Crippen molar-refractivity contribution >= 4 is 29.0 Å². The first-order valence-electron chi connectivity index (χ1n) is 3.48. The topological polar surface area (TPSA) is 40.9 Å². The summed E-state index contributed by atoms with van der Waals surface area (Å²) in [6.45, 7) is 0. The molecule has 0 spiro atoms. The van der Waals surface area contributed by atoms with Crippen molar-refractivity contribution < 1.29 is 4.79 Å². The Labute approximate surface area is 85.7 Å². The van der Waals surface area contributed by atoms with E-state index < -0.39 is 11.2 Å². The van der Waals surface area contributed by atoms with Crippen LogP contribution in [-0.2, 0) is 0 Å². The van der Waals surface area contributed by atoms with Gasteiger partial charge in [0.05, 0.1) is 6.07 Å². The summed E-state index contributed by atoms with van der Waals surface area (Å²) in [6.07, 6.45) is 0. The first-order valence-corrected chi connectivity index (χ1v) is 4.30. The normalized spacial score (nSPS) is 11.8. The quantitative estimate of drug-likeness (QED) is 0.560. The fourth-order valence-electron chi connectivity index (χ4n) is 0.819. The Balaban J connectivity index is 2.91. The molecule has 0 saturated carbocycles. The van der Waals surface area contributed by atoms with Crippen LogP contribution in [0.15, 0.2) is 24.3 Å². The molecule has 0 aliphatic heterocycles. The molecule has 0 saturated heterocycles. The van der Waals surface area contributed by atoms with Gasteiger partial charge in [-0.1, -0.05) is 23.2 Å². The molecule has 0 amide bonds. The van der Waals surface area contributed by atoms with E-state index in [2.05, 4.69) is 0 Å². The summed E-state index contributed by atoms with van der Waals surface area (Å²) < 4.78 is 0. The van der Waals surface area contributed by atoms with Gasteiger partial charge in [0.25, 0.3) is 0 Å². The van der Waals surface area contributed by atoms with Gasteiger partial charge in [-0.15, -0.1) is 0 Å². The Morgan fingerprint density at radius 2 is 1.92 bits per heavy atom. The van der Waals surface area contributed by atoms with Crippen molar-refractivity contribution in [3.63, 3.8) is 0 Å². The lowest BCUT2D eigenvalue weighted by molar-refractivity contribution is 0.100. The zero-order chi connectivity index (χ0) is 9.84. The predicted molar refractivity (Wildman–Crippen MR) is 51.0 cm³/mol. The van der Waals surface area contributed by atoms with E-state index in [1.807, 2.05) is 0 Å². The van der Waals surface area contributed by atoms with Crippen molar-refractivity contribution in [1.82, 2.24) is 0 Å². The third-order valence-corrected chi connectivity index (χ3v) is 2.02. The highest BCUT2D eigenvalue weighted by Gasteiger charge is 2.15. The number of hydrogen-bond acceptors (Lipinski definition) is 2. The Morgan fingerprint density at radius 1 is 1.38 bits per heavy atom. The van der Waals surface area contributed by atoms with Gasteiger partial charge in [-0.3, -0.25) is 4.79 Å². The number of Topliss-reactive ketones (excluding diaryl/α,β-unsaturated/α-hetero) is 1. The van der Waals surface area contributed by atoms with E-state index in [4.69, 9.17) is 28.5 Å². The smallest absolute Gasteiger partial charge is 0.194 e. The van der Waals surface area contributed by atoms with Crippen LogP contribution >= 0.6 is 23.2 Å².